The minimum Gasteiger partial charge on any atom is -0.394 e. The monoisotopic (exact) mass is 471 g/mol. The first-order valence-electron chi connectivity index (χ1n) is 10.7. The van der Waals surface area contributed by atoms with Crippen LogP contribution in [0.1, 0.15) is 19.3 Å². The minimum atomic E-state index is -3.73. The van der Waals surface area contributed by atoms with Gasteiger partial charge in [0, 0.05) is 18.6 Å². The zero-order valence-corrected chi connectivity index (χ0v) is 17.6. The van der Waals surface area contributed by atoms with Gasteiger partial charge in [-0.15, -0.1) is 0 Å². The first-order valence-corrected chi connectivity index (χ1v) is 10.7. The van der Waals surface area contributed by atoms with Crippen molar-refractivity contribution in [3.8, 4) is 0 Å². The minimum absolute atomic E-state index is 0.0892. The average molecular weight is 472 g/mol. The summed E-state index contributed by atoms with van der Waals surface area (Å²) in [6, 6.07) is -4.33. The Morgan fingerprint density at radius 1 is 0.875 bits per heavy atom. The van der Waals surface area contributed by atoms with Crippen LogP contribution < -0.4 is 28.7 Å². The molecule has 2 saturated heterocycles. The van der Waals surface area contributed by atoms with E-state index in [0.29, 0.717) is 12.8 Å². The highest BCUT2D eigenvalue weighted by molar-refractivity contribution is 5.05. The second kappa shape index (κ2) is 10.3. The fraction of sp³-hybridized carbons (Fsp3) is 1.00. The van der Waals surface area contributed by atoms with E-state index < -0.39 is 79.8 Å². The number of ether oxygens (including phenoxy) is 4. The Kier molecular flexibility index (Phi) is 8.39. The molecule has 2 aliphatic heterocycles. The van der Waals surface area contributed by atoms with Crippen LogP contribution in [0.25, 0.3) is 0 Å². The van der Waals surface area contributed by atoms with Gasteiger partial charge in [-0.2, -0.15) is 0 Å². The zero-order valence-electron chi connectivity index (χ0n) is 17.6. The van der Waals surface area contributed by atoms with E-state index in [1.54, 1.807) is 0 Å². The van der Waals surface area contributed by atoms with Crippen molar-refractivity contribution in [1.29, 1.82) is 0 Å². The molecule has 12 atom stereocenters. The third-order valence-corrected chi connectivity index (χ3v) is 6.34. The molecule has 0 aromatic rings. The van der Waals surface area contributed by atoms with Crippen LogP contribution in [0.2, 0.25) is 0 Å². The normalized spacial score (nSPS) is 49.7. The first kappa shape index (κ1) is 26.0. The van der Waals surface area contributed by atoms with Gasteiger partial charge in [0.05, 0.1) is 24.8 Å². The molecule has 0 aromatic heterocycles. The highest BCUT2D eigenvalue weighted by atomic mass is 19.3. The maximum atomic E-state index is 15.5. The molecule has 0 aromatic carbocycles. The molecule has 3 rings (SSSR count). The average Bonchev–Trinajstić information content (AvgIpc) is 2.75. The van der Waals surface area contributed by atoms with Crippen LogP contribution in [0.3, 0.4) is 0 Å². The number of hydrogen-bond acceptors (Lipinski definition) is 12. The zero-order chi connectivity index (χ0) is 23.8. The molecular weight excluding hydrogens is 436 g/mol. The molecule has 0 amide bonds. The highest BCUT2D eigenvalue weighted by Crippen LogP contribution is 2.40. The van der Waals surface area contributed by atoms with Crippen LogP contribution in [0.5, 0.6) is 0 Å². The van der Waals surface area contributed by atoms with Crippen molar-refractivity contribution in [2.24, 2.45) is 28.7 Å². The maximum absolute atomic E-state index is 15.5. The lowest BCUT2D eigenvalue weighted by Gasteiger charge is -2.48. The SMILES string of the molecule is NCC1CCC(N)C(OC2C(N)CC(N)C(OC3OC(CO)C(O)C(N)C3O)C2(F)F)O1. The quantitative estimate of drug-likeness (QED) is 0.185. The van der Waals surface area contributed by atoms with Gasteiger partial charge in [0.1, 0.15) is 30.5 Å². The summed E-state index contributed by atoms with van der Waals surface area (Å²) in [5, 5.41) is 29.6. The molecule has 0 spiro atoms. The predicted octanol–water partition coefficient (Wildman–Crippen LogP) is -3.99. The van der Waals surface area contributed by atoms with Crippen molar-refractivity contribution in [1.82, 2.24) is 0 Å². The van der Waals surface area contributed by atoms with Gasteiger partial charge in [-0.1, -0.05) is 0 Å². The van der Waals surface area contributed by atoms with Crippen molar-refractivity contribution in [3.05, 3.63) is 0 Å². The maximum Gasteiger partial charge on any atom is 0.302 e. The van der Waals surface area contributed by atoms with Crippen molar-refractivity contribution in [2.75, 3.05) is 13.2 Å². The van der Waals surface area contributed by atoms with Crippen LogP contribution in [0.4, 0.5) is 8.78 Å². The summed E-state index contributed by atoms with van der Waals surface area (Å²) in [4.78, 5) is 0. The Hall–Kier alpha value is -0.620. The summed E-state index contributed by atoms with van der Waals surface area (Å²) in [5.74, 6) is -3.73. The fourth-order valence-electron chi connectivity index (χ4n) is 4.37. The van der Waals surface area contributed by atoms with Crippen LogP contribution in [0, 0.1) is 0 Å². The van der Waals surface area contributed by atoms with E-state index >= 15 is 8.78 Å². The number of aliphatic hydroxyl groups excluding tert-OH is 3. The molecule has 1 aliphatic carbocycles. The molecule has 3 fully saturated rings. The van der Waals surface area contributed by atoms with E-state index in [9.17, 15) is 15.3 Å². The van der Waals surface area contributed by atoms with E-state index in [1.165, 1.54) is 0 Å². The number of nitrogens with two attached hydrogens (primary N) is 5. The Labute approximate surface area is 184 Å². The number of rotatable bonds is 6. The van der Waals surface area contributed by atoms with E-state index in [-0.39, 0.29) is 19.1 Å². The summed E-state index contributed by atoms with van der Waals surface area (Å²) >= 11 is 0. The largest absolute Gasteiger partial charge is 0.394 e. The van der Waals surface area contributed by atoms with Crippen molar-refractivity contribution >= 4 is 0 Å². The van der Waals surface area contributed by atoms with Crippen LogP contribution in [0.15, 0.2) is 0 Å². The molecule has 0 bridgehead atoms. The highest BCUT2D eigenvalue weighted by Gasteiger charge is 2.60. The Balaban J connectivity index is 1.76. The summed E-state index contributed by atoms with van der Waals surface area (Å²) in [6.45, 7) is -0.476. The van der Waals surface area contributed by atoms with Crippen molar-refractivity contribution in [3.63, 3.8) is 0 Å². The molecule has 3 aliphatic rings. The molecular formula is C18H35F2N5O7. The van der Waals surface area contributed by atoms with Gasteiger partial charge in [0.25, 0.3) is 0 Å². The lowest BCUT2D eigenvalue weighted by atomic mass is 9.83. The van der Waals surface area contributed by atoms with Crippen LogP contribution in [-0.2, 0) is 18.9 Å². The molecule has 14 heteroatoms. The van der Waals surface area contributed by atoms with E-state index in [4.69, 9.17) is 47.6 Å². The van der Waals surface area contributed by atoms with Gasteiger partial charge in [-0.3, -0.25) is 0 Å². The lowest BCUT2D eigenvalue weighted by Crippen LogP contribution is -2.70. The number of alkyl halides is 2. The third kappa shape index (κ3) is 5.06. The molecule has 188 valence electrons. The summed E-state index contributed by atoms with van der Waals surface area (Å²) in [6.07, 6.45) is -10.3. The Bertz CT molecular complexity index is 624. The van der Waals surface area contributed by atoms with Gasteiger partial charge in [0.2, 0.25) is 0 Å². The number of hydrogen-bond donors (Lipinski definition) is 8. The topological polar surface area (TPSA) is 228 Å². The number of halogens is 2. The smallest absolute Gasteiger partial charge is 0.302 e. The summed E-state index contributed by atoms with van der Waals surface area (Å²) < 4.78 is 52.9. The van der Waals surface area contributed by atoms with Gasteiger partial charge < -0.3 is 62.9 Å². The molecule has 12 unspecified atom stereocenters. The van der Waals surface area contributed by atoms with Gasteiger partial charge in [0.15, 0.2) is 12.6 Å². The second-order valence-corrected chi connectivity index (χ2v) is 8.74. The standard InChI is InChI=1S/C18H35F2N5O7/c19-18(20)14(31-16-7(22)2-1-6(4-21)29-16)8(23)3-9(24)15(18)32-17-13(28)11(25)12(27)10(5-26)30-17/h6-17,26-28H,1-5,21-25H2. The number of aliphatic hydroxyl groups is 3. The fourth-order valence-corrected chi connectivity index (χ4v) is 4.37. The van der Waals surface area contributed by atoms with Gasteiger partial charge >= 0.3 is 5.92 Å². The lowest BCUT2D eigenvalue weighted by molar-refractivity contribution is -0.341. The predicted molar refractivity (Wildman–Crippen MR) is 106 cm³/mol. The van der Waals surface area contributed by atoms with Crippen LogP contribution in [-0.4, -0.2) is 108 Å². The van der Waals surface area contributed by atoms with E-state index in [2.05, 4.69) is 0 Å². The van der Waals surface area contributed by atoms with Crippen molar-refractivity contribution < 1.29 is 43.0 Å². The van der Waals surface area contributed by atoms with E-state index in [0.717, 1.165) is 0 Å². The van der Waals surface area contributed by atoms with Gasteiger partial charge in [-0.25, -0.2) is 8.78 Å². The third-order valence-electron chi connectivity index (χ3n) is 6.34. The molecule has 12 nitrogen and oxygen atoms in total. The van der Waals surface area contributed by atoms with E-state index in [1.807, 2.05) is 0 Å². The summed E-state index contributed by atoms with van der Waals surface area (Å²) in [5.41, 5.74) is 29.2. The Morgan fingerprint density at radius 2 is 1.47 bits per heavy atom. The molecule has 1 saturated carbocycles. The first-order chi connectivity index (χ1) is 15.0. The molecule has 32 heavy (non-hydrogen) atoms. The van der Waals surface area contributed by atoms with Crippen molar-refractivity contribution in [2.45, 2.75) is 98.6 Å². The van der Waals surface area contributed by atoms with Gasteiger partial charge in [-0.05, 0) is 19.3 Å². The second-order valence-electron chi connectivity index (χ2n) is 8.74. The summed E-state index contributed by atoms with van der Waals surface area (Å²) in [7, 11) is 0. The Morgan fingerprint density at radius 3 is 2.03 bits per heavy atom. The molecule has 13 N–H and O–H groups in total. The van der Waals surface area contributed by atoms with Crippen LogP contribution >= 0.6 is 0 Å². The molecule has 0 radical (unpaired) electrons. The molecule has 2 heterocycles.